The SMILES string of the molecule is C[C@@H]1SC(SCC(=O)NC[C@H]2CN(Cc3ccc(Cl)c(C(F)(F)F)c3)CCO2)=[NH+]C1CC(=O)O. The molecule has 2 aliphatic rings. The fourth-order valence-corrected chi connectivity index (χ4v) is 6.25. The van der Waals surface area contributed by atoms with Gasteiger partial charge in [-0.2, -0.15) is 13.2 Å². The average Bonchev–Trinajstić information content (AvgIpc) is 3.10. The summed E-state index contributed by atoms with van der Waals surface area (Å²) in [4.78, 5) is 28.3. The number of thioether (sulfide) groups is 2. The van der Waals surface area contributed by atoms with Gasteiger partial charge in [0.15, 0.2) is 6.04 Å². The molecule has 3 atom stereocenters. The van der Waals surface area contributed by atoms with E-state index in [9.17, 15) is 22.8 Å². The molecule has 3 N–H and O–H groups in total. The number of halogens is 4. The van der Waals surface area contributed by atoms with E-state index in [4.69, 9.17) is 21.4 Å². The molecule has 0 radical (unpaired) electrons. The second-order valence-corrected chi connectivity index (χ2v) is 11.1. The smallest absolute Gasteiger partial charge is 0.417 e. The van der Waals surface area contributed by atoms with Crippen molar-refractivity contribution in [1.82, 2.24) is 10.2 Å². The summed E-state index contributed by atoms with van der Waals surface area (Å²) in [6.07, 6.45) is -4.76. The Morgan fingerprint density at radius 2 is 2.18 bits per heavy atom. The quantitative estimate of drug-likeness (QED) is 0.463. The van der Waals surface area contributed by atoms with Crippen LogP contribution in [0.2, 0.25) is 5.02 Å². The van der Waals surface area contributed by atoms with Crippen LogP contribution in [-0.4, -0.2) is 75.6 Å². The van der Waals surface area contributed by atoms with Crippen molar-refractivity contribution in [1.29, 1.82) is 0 Å². The van der Waals surface area contributed by atoms with Gasteiger partial charge >= 0.3 is 12.1 Å². The lowest BCUT2D eigenvalue weighted by Gasteiger charge is -2.33. The molecule has 2 heterocycles. The summed E-state index contributed by atoms with van der Waals surface area (Å²) in [5.74, 6) is -0.863. The third kappa shape index (κ3) is 8.04. The number of carboxylic acids is 1. The molecule has 3 rings (SSSR count). The highest BCUT2D eigenvalue weighted by Gasteiger charge is 2.35. The Morgan fingerprint density at radius 1 is 1.41 bits per heavy atom. The van der Waals surface area contributed by atoms with Crippen molar-refractivity contribution < 1.29 is 37.6 Å². The predicted molar refractivity (Wildman–Crippen MR) is 126 cm³/mol. The third-order valence-electron chi connectivity index (χ3n) is 5.38. The first-order valence-corrected chi connectivity index (χ1v) is 12.9. The van der Waals surface area contributed by atoms with Crippen LogP contribution < -0.4 is 10.3 Å². The Bertz CT molecular complexity index is 935. The molecule has 7 nitrogen and oxygen atoms in total. The van der Waals surface area contributed by atoms with Gasteiger partial charge in [-0.25, -0.2) is 4.99 Å². The molecule has 0 aromatic heterocycles. The monoisotopic (exact) mass is 540 g/mol. The molecule has 34 heavy (non-hydrogen) atoms. The molecule has 1 amide bonds. The fraction of sp³-hybridized carbons (Fsp3) is 0.571. The molecule has 188 valence electrons. The lowest BCUT2D eigenvalue weighted by atomic mass is 10.1. The van der Waals surface area contributed by atoms with Gasteiger partial charge in [0.2, 0.25) is 5.91 Å². The lowest BCUT2D eigenvalue weighted by Crippen LogP contribution is -2.77. The van der Waals surface area contributed by atoms with Crippen LogP contribution in [0.1, 0.15) is 24.5 Å². The average molecular weight is 541 g/mol. The van der Waals surface area contributed by atoms with E-state index in [1.54, 1.807) is 6.07 Å². The van der Waals surface area contributed by atoms with Crippen LogP contribution in [0.3, 0.4) is 0 Å². The number of nitrogens with zero attached hydrogens (tertiary/aromatic N) is 1. The summed E-state index contributed by atoms with van der Waals surface area (Å²) in [6.45, 7) is 4.01. The van der Waals surface area contributed by atoms with E-state index in [1.807, 2.05) is 11.8 Å². The van der Waals surface area contributed by atoms with Crippen molar-refractivity contribution in [2.45, 2.75) is 43.5 Å². The van der Waals surface area contributed by atoms with E-state index in [-0.39, 0.29) is 47.0 Å². The number of benzene rings is 1. The number of alkyl halides is 3. The second kappa shape index (κ2) is 12.0. The summed E-state index contributed by atoms with van der Waals surface area (Å²) < 4.78 is 45.8. The molecule has 1 fully saturated rings. The molecule has 2 aliphatic heterocycles. The number of carbonyl (C=O) groups is 2. The molecule has 0 bridgehead atoms. The number of amides is 1. The van der Waals surface area contributed by atoms with Gasteiger partial charge in [0.1, 0.15) is 6.42 Å². The van der Waals surface area contributed by atoms with Crippen LogP contribution in [0, 0.1) is 0 Å². The predicted octanol–water partition coefficient (Wildman–Crippen LogP) is 1.82. The Hall–Kier alpha value is -1.47. The summed E-state index contributed by atoms with van der Waals surface area (Å²) >= 11 is 8.55. The largest absolute Gasteiger partial charge is 0.481 e. The van der Waals surface area contributed by atoms with Gasteiger partial charge in [0, 0.05) is 26.2 Å². The van der Waals surface area contributed by atoms with Crippen molar-refractivity contribution in [3.63, 3.8) is 0 Å². The molecule has 1 unspecified atom stereocenters. The van der Waals surface area contributed by atoms with E-state index in [0.717, 1.165) is 10.4 Å². The first kappa shape index (κ1) is 27.1. The minimum absolute atomic E-state index is 0.0213. The maximum absolute atomic E-state index is 13.1. The van der Waals surface area contributed by atoms with Crippen molar-refractivity contribution in [3.8, 4) is 0 Å². The van der Waals surface area contributed by atoms with Gasteiger partial charge in [0.25, 0.3) is 4.38 Å². The Kier molecular flexibility index (Phi) is 9.56. The van der Waals surface area contributed by atoms with Gasteiger partial charge < -0.3 is 15.2 Å². The van der Waals surface area contributed by atoms with Crippen molar-refractivity contribution >= 4 is 51.4 Å². The minimum atomic E-state index is -4.51. The van der Waals surface area contributed by atoms with Crippen LogP contribution in [0.4, 0.5) is 13.2 Å². The maximum Gasteiger partial charge on any atom is 0.417 e. The lowest BCUT2D eigenvalue weighted by molar-refractivity contribution is -0.491. The van der Waals surface area contributed by atoms with Crippen molar-refractivity contribution in [2.24, 2.45) is 0 Å². The number of hydrogen-bond acceptors (Lipinski definition) is 6. The van der Waals surface area contributed by atoms with E-state index in [2.05, 4.69) is 10.3 Å². The number of morpholine rings is 1. The highest BCUT2D eigenvalue weighted by molar-refractivity contribution is 8.39. The first-order valence-electron chi connectivity index (χ1n) is 10.6. The highest BCUT2D eigenvalue weighted by Crippen LogP contribution is 2.35. The molecule has 13 heteroatoms. The standard InChI is InChI=1S/C21H25ClF3N3O4S2/c1-12-17(7-19(30)31)27-20(34-12)33-11-18(29)26-8-14-10-28(4-5-32-14)9-13-2-3-16(22)15(6-13)21(23,24)25/h2-3,6,12,14,17H,4-5,7-11H2,1H3,(H,26,29)(H,30,31)/p+1/t12-,14-,17?/m0/s1. The van der Waals surface area contributed by atoms with Crippen LogP contribution >= 0.6 is 35.1 Å². The summed E-state index contributed by atoms with van der Waals surface area (Å²) in [7, 11) is 0. The summed E-state index contributed by atoms with van der Waals surface area (Å²) in [5.41, 5.74) is -0.343. The van der Waals surface area contributed by atoms with Crippen molar-refractivity contribution in [3.05, 3.63) is 34.3 Å². The van der Waals surface area contributed by atoms with Crippen LogP contribution in [-0.2, 0) is 27.0 Å². The molecular formula is C21H26ClF3N3O4S2+. The fourth-order valence-electron chi connectivity index (χ4n) is 3.64. The first-order chi connectivity index (χ1) is 16.0. The van der Waals surface area contributed by atoms with Crippen LogP contribution in [0.5, 0.6) is 0 Å². The molecular weight excluding hydrogens is 515 g/mol. The zero-order valence-corrected chi connectivity index (χ0v) is 20.8. The Labute approximate surface area is 208 Å². The van der Waals surface area contributed by atoms with E-state index in [0.29, 0.717) is 31.8 Å². The minimum Gasteiger partial charge on any atom is -0.481 e. The van der Waals surface area contributed by atoms with Gasteiger partial charge in [-0.3, -0.25) is 14.5 Å². The molecule has 1 aromatic rings. The van der Waals surface area contributed by atoms with Gasteiger partial charge in [-0.15, -0.1) is 0 Å². The van der Waals surface area contributed by atoms with Gasteiger partial charge in [-0.1, -0.05) is 17.7 Å². The summed E-state index contributed by atoms with van der Waals surface area (Å²) in [5, 5.41) is 11.6. The van der Waals surface area contributed by atoms with E-state index >= 15 is 0 Å². The molecule has 0 aliphatic carbocycles. The van der Waals surface area contributed by atoms with Gasteiger partial charge in [-0.05, 0) is 48.1 Å². The number of aliphatic carboxylic acids is 1. The second-order valence-electron chi connectivity index (χ2n) is 8.09. The van der Waals surface area contributed by atoms with Crippen LogP contribution in [0.15, 0.2) is 18.2 Å². The molecule has 1 saturated heterocycles. The van der Waals surface area contributed by atoms with E-state index in [1.165, 1.54) is 29.6 Å². The topological polar surface area (TPSA) is 92.8 Å². The van der Waals surface area contributed by atoms with E-state index < -0.39 is 17.7 Å². The molecule has 0 spiro atoms. The summed E-state index contributed by atoms with van der Waals surface area (Å²) in [6, 6.07) is 3.74. The number of nitrogens with one attached hydrogen (secondary N) is 2. The Morgan fingerprint density at radius 3 is 2.88 bits per heavy atom. The Balaban J connectivity index is 1.43. The number of ether oxygens (including phenoxy) is 1. The maximum atomic E-state index is 13.1. The van der Waals surface area contributed by atoms with Crippen LogP contribution in [0.25, 0.3) is 0 Å². The highest BCUT2D eigenvalue weighted by atomic mass is 35.5. The third-order valence-corrected chi connectivity index (χ3v) is 8.17. The molecule has 0 saturated carbocycles. The molecule has 1 aromatic carbocycles. The number of carbonyl (C=O) groups excluding carboxylic acids is 1. The number of rotatable bonds is 8. The number of hydrogen-bond donors (Lipinski definition) is 3. The number of carboxylic acid groups (broad SMARTS) is 1. The zero-order valence-electron chi connectivity index (χ0n) is 18.4. The zero-order chi connectivity index (χ0) is 24.9. The van der Waals surface area contributed by atoms with Gasteiger partial charge in [0.05, 0.1) is 34.3 Å². The van der Waals surface area contributed by atoms with Crippen molar-refractivity contribution in [2.75, 3.05) is 32.0 Å². The normalized spacial score (nSPS) is 23.6.